The first kappa shape index (κ1) is 55.4. The fraction of sp³-hybridized carbons (Fsp3) is 0.941. The molecule has 0 aromatic carbocycles. The molecule has 0 unspecified atom stereocenters. The van der Waals surface area contributed by atoms with Gasteiger partial charge in [-0.3, -0.25) is 14.4 Å². The maximum Gasteiger partial charge on any atom is 0.306 e. The Hall–Kier alpha value is -1.59. The van der Waals surface area contributed by atoms with E-state index in [1.54, 1.807) is 0 Å². The van der Waals surface area contributed by atoms with Crippen molar-refractivity contribution in [3.8, 4) is 0 Å². The number of carbonyl (C=O) groups is 3. The third-order valence-corrected chi connectivity index (χ3v) is 11.6. The number of carbonyl (C=O) groups excluding carboxylic acids is 3. The van der Waals surface area contributed by atoms with Crippen LogP contribution in [-0.4, -0.2) is 37.2 Å². The van der Waals surface area contributed by atoms with E-state index in [-0.39, 0.29) is 31.1 Å². The third kappa shape index (κ3) is 45.3. The molecular formula is C51H98O6. The Balaban J connectivity index is 4.27. The highest BCUT2D eigenvalue weighted by molar-refractivity contribution is 5.71. The van der Waals surface area contributed by atoms with Gasteiger partial charge in [0.05, 0.1) is 0 Å². The number of unbranched alkanes of at least 4 members (excludes halogenated alkanes) is 36. The maximum absolute atomic E-state index is 12.7. The molecule has 338 valence electrons. The van der Waals surface area contributed by atoms with E-state index < -0.39 is 6.10 Å². The van der Waals surface area contributed by atoms with E-state index in [9.17, 15) is 14.4 Å². The SMILES string of the molecule is CCCCCCCCCCCCCCCCCCC(=O)OC[C@@H](COC(=O)CCCCCCCCCCCCCC)OC(=O)CCCCCCCCCCCCC. The summed E-state index contributed by atoms with van der Waals surface area (Å²) in [4.78, 5) is 37.9. The van der Waals surface area contributed by atoms with Crippen LogP contribution in [0.25, 0.3) is 0 Å². The third-order valence-electron chi connectivity index (χ3n) is 11.6. The molecule has 0 rings (SSSR count). The first-order valence-corrected chi connectivity index (χ1v) is 25.5. The highest BCUT2D eigenvalue weighted by Crippen LogP contribution is 2.17. The van der Waals surface area contributed by atoms with Crippen LogP contribution in [0.15, 0.2) is 0 Å². The zero-order chi connectivity index (χ0) is 41.5. The summed E-state index contributed by atoms with van der Waals surface area (Å²) in [6, 6.07) is 0. The fourth-order valence-electron chi connectivity index (χ4n) is 7.74. The summed E-state index contributed by atoms with van der Waals surface area (Å²) in [5, 5.41) is 0. The molecule has 6 nitrogen and oxygen atoms in total. The summed E-state index contributed by atoms with van der Waals surface area (Å²) in [7, 11) is 0. The number of esters is 3. The second-order valence-electron chi connectivity index (χ2n) is 17.5. The van der Waals surface area contributed by atoms with E-state index >= 15 is 0 Å². The first-order chi connectivity index (χ1) is 28.0. The summed E-state index contributed by atoms with van der Waals surface area (Å²) < 4.78 is 16.8. The zero-order valence-corrected chi connectivity index (χ0v) is 38.6. The molecule has 0 bridgehead atoms. The zero-order valence-electron chi connectivity index (χ0n) is 38.6. The molecule has 0 aromatic heterocycles. The molecule has 6 heteroatoms. The van der Waals surface area contributed by atoms with E-state index in [1.807, 2.05) is 0 Å². The first-order valence-electron chi connectivity index (χ1n) is 25.5. The minimum atomic E-state index is -0.758. The fourth-order valence-corrected chi connectivity index (χ4v) is 7.74. The van der Waals surface area contributed by atoms with Gasteiger partial charge in [-0.05, 0) is 19.3 Å². The van der Waals surface area contributed by atoms with Crippen molar-refractivity contribution in [2.75, 3.05) is 13.2 Å². The predicted molar refractivity (Wildman–Crippen MR) is 243 cm³/mol. The van der Waals surface area contributed by atoms with Crippen LogP contribution in [-0.2, 0) is 28.6 Å². The van der Waals surface area contributed by atoms with Gasteiger partial charge >= 0.3 is 17.9 Å². The molecule has 0 aliphatic carbocycles. The molecule has 0 radical (unpaired) electrons. The standard InChI is InChI=1S/C51H98O6/c1-4-7-10-13-16-19-22-24-25-26-27-30-32-35-38-41-44-50(53)56-47-48(57-51(54)45-42-39-36-33-28-21-18-15-12-9-6-3)46-55-49(52)43-40-37-34-31-29-23-20-17-14-11-8-5-2/h48H,4-47H2,1-3H3/t48-/m1/s1. The van der Waals surface area contributed by atoms with Gasteiger partial charge in [0.2, 0.25) is 0 Å². The summed E-state index contributed by atoms with van der Waals surface area (Å²) in [6.45, 7) is 6.67. The van der Waals surface area contributed by atoms with E-state index in [0.717, 1.165) is 57.8 Å². The van der Waals surface area contributed by atoms with E-state index in [2.05, 4.69) is 20.8 Å². The lowest BCUT2D eigenvalue weighted by Crippen LogP contribution is -2.30. The Morgan fingerprint density at radius 3 is 0.702 bits per heavy atom. The second kappa shape index (κ2) is 47.1. The molecule has 0 N–H and O–H groups in total. The summed E-state index contributed by atoms with van der Waals surface area (Å²) in [5.74, 6) is -0.843. The highest BCUT2D eigenvalue weighted by atomic mass is 16.6. The quantitative estimate of drug-likeness (QED) is 0.0346. The minimum Gasteiger partial charge on any atom is -0.462 e. The molecule has 0 saturated carbocycles. The molecule has 0 heterocycles. The van der Waals surface area contributed by atoms with Crippen molar-refractivity contribution < 1.29 is 28.6 Å². The van der Waals surface area contributed by atoms with Gasteiger partial charge in [-0.25, -0.2) is 0 Å². The van der Waals surface area contributed by atoms with Crippen LogP contribution in [0.4, 0.5) is 0 Å². The number of rotatable bonds is 47. The van der Waals surface area contributed by atoms with Gasteiger partial charge in [-0.1, -0.05) is 252 Å². The van der Waals surface area contributed by atoms with Crippen LogP contribution >= 0.6 is 0 Å². The second-order valence-corrected chi connectivity index (χ2v) is 17.5. The van der Waals surface area contributed by atoms with Crippen LogP contribution in [0.5, 0.6) is 0 Å². The van der Waals surface area contributed by atoms with Crippen molar-refractivity contribution in [1.29, 1.82) is 0 Å². The molecule has 0 saturated heterocycles. The molecule has 0 aliphatic rings. The van der Waals surface area contributed by atoms with Crippen molar-refractivity contribution in [3.63, 3.8) is 0 Å². The Morgan fingerprint density at radius 1 is 0.281 bits per heavy atom. The summed E-state index contributed by atoms with van der Waals surface area (Å²) in [6.07, 6.45) is 49.4. The number of ether oxygens (including phenoxy) is 3. The topological polar surface area (TPSA) is 78.9 Å². The monoisotopic (exact) mass is 807 g/mol. The lowest BCUT2D eigenvalue weighted by Gasteiger charge is -2.18. The van der Waals surface area contributed by atoms with E-state index in [1.165, 1.54) is 193 Å². The summed E-state index contributed by atoms with van der Waals surface area (Å²) in [5.41, 5.74) is 0. The lowest BCUT2D eigenvalue weighted by molar-refractivity contribution is -0.167. The Bertz CT molecular complexity index is 844. The number of hydrogen-bond donors (Lipinski definition) is 0. The summed E-state index contributed by atoms with van der Waals surface area (Å²) >= 11 is 0. The van der Waals surface area contributed by atoms with Crippen molar-refractivity contribution in [2.24, 2.45) is 0 Å². The predicted octanol–water partition coefficient (Wildman–Crippen LogP) is 16.4. The average Bonchev–Trinajstić information content (AvgIpc) is 3.21. The normalized spacial score (nSPS) is 11.8. The van der Waals surface area contributed by atoms with Crippen LogP contribution in [0.1, 0.15) is 290 Å². The number of hydrogen-bond acceptors (Lipinski definition) is 6. The molecular weight excluding hydrogens is 709 g/mol. The van der Waals surface area contributed by atoms with Crippen molar-refractivity contribution in [2.45, 2.75) is 297 Å². The van der Waals surface area contributed by atoms with E-state index in [4.69, 9.17) is 14.2 Å². The van der Waals surface area contributed by atoms with Crippen LogP contribution < -0.4 is 0 Å². The Labute approximate surface area is 355 Å². The van der Waals surface area contributed by atoms with Gasteiger partial charge in [0.25, 0.3) is 0 Å². The average molecular weight is 807 g/mol. The van der Waals surface area contributed by atoms with Crippen LogP contribution in [0.2, 0.25) is 0 Å². The molecule has 0 fully saturated rings. The van der Waals surface area contributed by atoms with Crippen molar-refractivity contribution in [3.05, 3.63) is 0 Å². The molecule has 0 spiro atoms. The van der Waals surface area contributed by atoms with Gasteiger partial charge < -0.3 is 14.2 Å². The van der Waals surface area contributed by atoms with Crippen molar-refractivity contribution >= 4 is 17.9 Å². The minimum absolute atomic E-state index is 0.0619. The Morgan fingerprint density at radius 2 is 0.474 bits per heavy atom. The highest BCUT2D eigenvalue weighted by Gasteiger charge is 2.19. The van der Waals surface area contributed by atoms with Gasteiger partial charge in [0, 0.05) is 19.3 Å². The smallest absolute Gasteiger partial charge is 0.306 e. The maximum atomic E-state index is 12.7. The van der Waals surface area contributed by atoms with Crippen molar-refractivity contribution in [1.82, 2.24) is 0 Å². The molecule has 57 heavy (non-hydrogen) atoms. The Kier molecular flexibility index (Phi) is 45.8. The van der Waals surface area contributed by atoms with Gasteiger partial charge in [-0.15, -0.1) is 0 Å². The van der Waals surface area contributed by atoms with Gasteiger partial charge in [0.15, 0.2) is 6.10 Å². The molecule has 0 aliphatic heterocycles. The molecule has 1 atom stereocenters. The van der Waals surface area contributed by atoms with Gasteiger partial charge in [-0.2, -0.15) is 0 Å². The molecule has 0 amide bonds. The lowest BCUT2D eigenvalue weighted by atomic mass is 10.0. The van der Waals surface area contributed by atoms with Crippen LogP contribution in [0, 0.1) is 0 Å². The van der Waals surface area contributed by atoms with Crippen LogP contribution in [0.3, 0.4) is 0 Å². The largest absolute Gasteiger partial charge is 0.462 e. The van der Waals surface area contributed by atoms with Gasteiger partial charge in [0.1, 0.15) is 13.2 Å². The van der Waals surface area contributed by atoms with E-state index in [0.29, 0.717) is 19.3 Å². The molecule has 0 aromatic rings.